The van der Waals surface area contributed by atoms with Crippen molar-refractivity contribution in [3.63, 3.8) is 0 Å². The van der Waals surface area contributed by atoms with Gasteiger partial charge >= 0.3 is 0 Å². The molecule has 0 N–H and O–H groups in total. The Balaban J connectivity index is 2.00. The van der Waals surface area contributed by atoms with Gasteiger partial charge in [-0.15, -0.1) is 0 Å². The predicted molar refractivity (Wildman–Crippen MR) is 112 cm³/mol. The Morgan fingerprint density at radius 1 is 0.967 bits per heavy atom. The zero-order valence-electron chi connectivity index (χ0n) is 17.1. The number of nitrogens with zero attached hydrogens (tertiary/aromatic N) is 1. The summed E-state index contributed by atoms with van der Waals surface area (Å²) in [6.07, 6.45) is 0.255. The second-order valence-corrected chi connectivity index (χ2v) is 11.1. The monoisotopic (exact) mass is 455 g/mol. The van der Waals surface area contributed by atoms with Crippen molar-refractivity contribution in [3.8, 4) is 17.2 Å². The van der Waals surface area contributed by atoms with E-state index >= 15 is 0 Å². The van der Waals surface area contributed by atoms with Crippen LogP contribution in [-0.4, -0.2) is 60.0 Å². The fourth-order valence-corrected chi connectivity index (χ4v) is 6.92. The molecule has 1 saturated heterocycles. The van der Waals surface area contributed by atoms with Gasteiger partial charge in [0.15, 0.2) is 21.3 Å². The van der Waals surface area contributed by atoms with Gasteiger partial charge in [-0.2, -0.15) is 4.31 Å². The van der Waals surface area contributed by atoms with Crippen molar-refractivity contribution in [2.24, 2.45) is 0 Å². The standard InChI is InChI=1S/C20H25NO7S2/c1-26-17-5-7-18(8-6-17)30(24,25)21(16-10-11-29(22,23)14-16)13-15-4-9-19(27-2)20(12-15)28-3/h4-9,12,16H,10-11,13-14H2,1-3H3. The molecule has 0 bridgehead atoms. The molecule has 0 spiro atoms. The third-order valence-corrected chi connectivity index (χ3v) is 8.73. The summed E-state index contributed by atoms with van der Waals surface area (Å²) in [6, 6.07) is 10.5. The summed E-state index contributed by atoms with van der Waals surface area (Å²) in [5.74, 6) is 1.29. The lowest BCUT2D eigenvalue weighted by Crippen LogP contribution is -2.40. The molecule has 0 radical (unpaired) electrons. The number of hydrogen-bond donors (Lipinski definition) is 0. The van der Waals surface area contributed by atoms with Crippen molar-refractivity contribution in [1.82, 2.24) is 4.31 Å². The minimum atomic E-state index is -3.95. The predicted octanol–water partition coefficient (Wildman–Crippen LogP) is 2.09. The molecule has 1 fully saturated rings. The van der Waals surface area contributed by atoms with E-state index in [9.17, 15) is 16.8 Å². The van der Waals surface area contributed by atoms with Crippen LogP contribution >= 0.6 is 0 Å². The van der Waals surface area contributed by atoms with Gasteiger partial charge in [0.2, 0.25) is 10.0 Å². The molecule has 8 nitrogen and oxygen atoms in total. The summed E-state index contributed by atoms with van der Waals surface area (Å²) in [5.41, 5.74) is 0.661. The molecule has 2 aromatic rings. The summed E-state index contributed by atoms with van der Waals surface area (Å²) in [4.78, 5) is 0.0769. The molecule has 1 unspecified atom stereocenters. The first kappa shape index (κ1) is 22.4. The van der Waals surface area contributed by atoms with Gasteiger partial charge in [0.05, 0.1) is 37.7 Å². The zero-order chi connectivity index (χ0) is 21.9. The molecule has 1 aliphatic heterocycles. The Bertz CT molecular complexity index is 1100. The van der Waals surface area contributed by atoms with Gasteiger partial charge in [-0.1, -0.05) is 6.07 Å². The molecular formula is C20H25NO7S2. The Morgan fingerprint density at radius 3 is 2.17 bits per heavy atom. The molecule has 164 valence electrons. The minimum Gasteiger partial charge on any atom is -0.497 e. The third-order valence-electron chi connectivity index (χ3n) is 5.07. The number of benzene rings is 2. The van der Waals surface area contributed by atoms with E-state index in [4.69, 9.17) is 14.2 Å². The van der Waals surface area contributed by atoms with Gasteiger partial charge in [0, 0.05) is 12.6 Å². The topological polar surface area (TPSA) is 99.2 Å². The van der Waals surface area contributed by atoms with Crippen LogP contribution in [0.2, 0.25) is 0 Å². The summed E-state index contributed by atoms with van der Waals surface area (Å²) in [5, 5.41) is 0. The highest BCUT2D eigenvalue weighted by molar-refractivity contribution is 7.92. The number of methoxy groups -OCH3 is 3. The molecule has 0 saturated carbocycles. The van der Waals surface area contributed by atoms with Gasteiger partial charge in [-0.05, 0) is 48.4 Å². The molecule has 1 atom stereocenters. The fourth-order valence-electron chi connectivity index (χ4n) is 3.45. The van der Waals surface area contributed by atoms with Crippen LogP contribution in [0.5, 0.6) is 17.2 Å². The zero-order valence-corrected chi connectivity index (χ0v) is 18.7. The molecule has 10 heteroatoms. The Labute approximate surface area is 177 Å². The van der Waals surface area contributed by atoms with E-state index in [2.05, 4.69) is 0 Å². The van der Waals surface area contributed by atoms with Crippen molar-refractivity contribution in [2.75, 3.05) is 32.8 Å². The van der Waals surface area contributed by atoms with Crippen LogP contribution in [0, 0.1) is 0 Å². The van der Waals surface area contributed by atoms with E-state index in [0.29, 0.717) is 22.8 Å². The van der Waals surface area contributed by atoms with Crippen LogP contribution in [-0.2, 0) is 26.4 Å². The lowest BCUT2D eigenvalue weighted by molar-refractivity contribution is 0.330. The lowest BCUT2D eigenvalue weighted by atomic mass is 10.1. The van der Waals surface area contributed by atoms with E-state index < -0.39 is 25.9 Å². The maximum atomic E-state index is 13.4. The maximum absolute atomic E-state index is 13.4. The van der Waals surface area contributed by atoms with E-state index in [-0.39, 0.29) is 29.4 Å². The lowest BCUT2D eigenvalue weighted by Gasteiger charge is -2.28. The van der Waals surface area contributed by atoms with Gasteiger partial charge in [-0.25, -0.2) is 16.8 Å². The maximum Gasteiger partial charge on any atom is 0.243 e. The van der Waals surface area contributed by atoms with Crippen LogP contribution in [0.25, 0.3) is 0 Å². The quantitative estimate of drug-likeness (QED) is 0.601. The van der Waals surface area contributed by atoms with E-state index in [1.165, 1.54) is 37.8 Å². The number of sulfonamides is 1. The highest BCUT2D eigenvalue weighted by atomic mass is 32.2. The first-order valence-corrected chi connectivity index (χ1v) is 12.5. The van der Waals surface area contributed by atoms with Crippen LogP contribution in [0.4, 0.5) is 0 Å². The summed E-state index contributed by atoms with van der Waals surface area (Å²) >= 11 is 0. The number of sulfone groups is 1. The number of ether oxygens (including phenoxy) is 3. The van der Waals surface area contributed by atoms with Crippen molar-refractivity contribution in [3.05, 3.63) is 48.0 Å². The third kappa shape index (κ3) is 4.71. The van der Waals surface area contributed by atoms with Gasteiger partial charge in [0.25, 0.3) is 0 Å². The number of rotatable bonds is 8. The molecule has 0 amide bonds. The first-order valence-electron chi connectivity index (χ1n) is 9.27. The van der Waals surface area contributed by atoms with Crippen molar-refractivity contribution in [1.29, 1.82) is 0 Å². The molecule has 1 aliphatic rings. The number of hydrogen-bond acceptors (Lipinski definition) is 7. The van der Waals surface area contributed by atoms with Crippen LogP contribution < -0.4 is 14.2 Å². The SMILES string of the molecule is COc1ccc(S(=O)(=O)N(Cc2ccc(OC)c(OC)c2)C2CCS(=O)(=O)C2)cc1. The largest absolute Gasteiger partial charge is 0.497 e. The molecule has 3 rings (SSSR count). The van der Waals surface area contributed by atoms with E-state index in [0.717, 1.165) is 0 Å². The van der Waals surface area contributed by atoms with Gasteiger partial charge in [-0.3, -0.25) is 0 Å². The summed E-state index contributed by atoms with van der Waals surface area (Å²) < 4.78 is 67.9. The highest BCUT2D eigenvalue weighted by Gasteiger charge is 2.39. The average molecular weight is 456 g/mol. The van der Waals surface area contributed by atoms with Gasteiger partial charge in [0.1, 0.15) is 5.75 Å². The van der Waals surface area contributed by atoms with Gasteiger partial charge < -0.3 is 14.2 Å². The molecule has 0 aliphatic carbocycles. The average Bonchev–Trinajstić information content (AvgIpc) is 3.10. The van der Waals surface area contributed by atoms with E-state index in [1.807, 2.05) is 0 Å². The van der Waals surface area contributed by atoms with E-state index in [1.54, 1.807) is 30.3 Å². The Kier molecular flexibility index (Phi) is 6.59. The highest BCUT2D eigenvalue weighted by Crippen LogP contribution is 2.31. The van der Waals surface area contributed by atoms with Crippen LogP contribution in [0.1, 0.15) is 12.0 Å². The van der Waals surface area contributed by atoms with Crippen molar-refractivity contribution in [2.45, 2.75) is 23.9 Å². The second kappa shape index (κ2) is 8.83. The molecule has 30 heavy (non-hydrogen) atoms. The molecule has 0 aromatic heterocycles. The minimum absolute atomic E-state index is 0.00883. The second-order valence-electron chi connectivity index (χ2n) is 6.97. The summed E-state index contributed by atoms with van der Waals surface area (Å²) in [7, 11) is -2.72. The van der Waals surface area contributed by atoms with Crippen molar-refractivity contribution < 1.29 is 31.0 Å². The summed E-state index contributed by atoms with van der Waals surface area (Å²) in [6.45, 7) is 0.00883. The smallest absolute Gasteiger partial charge is 0.243 e. The van der Waals surface area contributed by atoms with Crippen LogP contribution in [0.15, 0.2) is 47.4 Å². The fraction of sp³-hybridized carbons (Fsp3) is 0.400. The Hall–Kier alpha value is -2.30. The molecule has 1 heterocycles. The first-order chi connectivity index (χ1) is 14.2. The van der Waals surface area contributed by atoms with Crippen LogP contribution in [0.3, 0.4) is 0 Å². The normalized spacial score (nSPS) is 18.3. The van der Waals surface area contributed by atoms with Crippen molar-refractivity contribution >= 4 is 19.9 Å². The Morgan fingerprint density at radius 2 is 1.63 bits per heavy atom. The molecular weight excluding hydrogens is 430 g/mol. The molecule has 2 aromatic carbocycles.